The maximum Gasteiger partial charge on any atom is 0.303 e. The van der Waals surface area contributed by atoms with Crippen LogP contribution in [0.3, 0.4) is 0 Å². The minimum atomic E-state index is -0.766. The van der Waals surface area contributed by atoms with Gasteiger partial charge in [0.15, 0.2) is 0 Å². The number of thioether (sulfide) groups is 1. The fourth-order valence-corrected chi connectivity index (χ4v) is 3.76. The first kappa shape index (κ1) is 24.0. The highest BCUT2D eigenvalue weighted by Crippen LogP contribution is 2.28. The highest BCUT2D eigenvalue weighted by molar-refractivity contribution is 7.99. The molecular formula is C21H31NO5S. The highest BCUT2D eigenvalue weighted by atomic mass is 32.2. The zero-order valence-corrected chi connectivity index (χ0v) is 17.1. The van der Waals surface area contributed by atoms with E-state index in [1.165, 1.54) is 0 Å². The van der Waals surface area contributed by atoms with E-state index in [2.05, 4.69) is 5.32 Å². The molecule has 156 valence electrons. The van der Waals surface area contributed by atoms with Crippen LogP contribution < -0.4 is 5.32 Å². The molecule has 7 heteroatoms. The van der Waals surface area contributed by atoms with Crippen LogP contribution in [0.15, 0.2) is 29.2 Å². The Morgan fingerprint density at radius 3 is 1.93 bits per heavy atom. The lowest BCUT2D eigenvalue weighted by Gasteiger charge is -2.10. The second kappa shape index (κ2) is 15.0. The van der Waals surface area contributed by atoms with Crippen molar-refractivity contribution in [3.63, 3.8) is 0 Å². The van der Waals surface area contributed by atoms with Gasteiger partial charge in [0.05, 0.1) is 5.69 Å². The van der Waals surface area contributed by atoms with Gasteiger partial charge in [-0.2, -0.15) is 0 Å². The summed E-state index contributed by atoms with van der Waals surface area (Å²) in [6.45, 7) is 0. The molecule has 0 aliphatic rings. The van der Waals surface area contributed by atoms with Crippen LogP contribution in [0, 0.1) is 0 Å². The van der Waals surface area contributed by atoms with E-state index in [1.54, 1.807) is 11.8 Å². The maximum atomic E-state index is 12.2. The molecule has 6 nitrogen and oxygen atoms in total. The van der Waals surface area contributed by atoms with E-state index in [4.69, 9.17) is 10.2 Å². The first-order chi connectivity index (χ1) is 13.5. The molecule has 1 rings (SSSR count). The molecule has 1 aromatic carbocycles. The van der Waals surface area contributed by atoms with Crippen LogP contribution in [-0.4, -0.2) is 33.8 Å². The monoisotopic (exact) mass is 409 g/mol. The van der Waals surface area contributed by atoms with Gasteiger partial charge in [0.2, 0.25) is 5.91 Å². The molecule has 3 N–H and O–H groups in total. The number of hydrogen-bond acceptors (Lipinski definition) is 4. The van der Waals surface area contributed by atoms with Crippen LogP contribution in [-0.2, 0) is 14.4 Å². The maximum absolute atomic E-state index is 12.2. The molecule has 0 atom stereocenters. The van der Waals surface area contributed by atoms with Gasteiger partial charge in [-0.3, -0.25) is 14.4 Å². The molecule has 0 fully saturated rings. The Kier molecular flexibility index (Phi) is 12.8. The molecule has 1 aromatic rings. The fourth-order valence-electron chi connectivity index (χ4n) is 2.74. The molecule has 1 amide bonds. The molecule has 28 heavy (non-hydrogen) atoms. The molecule has 0 radical (unpaired) electrons. The summed E-state index contributed by atoms with van der Waals surface area (Å²) in [6.07, 6.45) is 7.88. The summed E-state index contributed by atoms with van der Waals surface area (Å²) in [5.74, 6) is -0.680. The number of rotatable bonds is 16. The Balaban J connectivity index is 2.21. The number of benzene rings is 1. The summed E-state index contributed by atoms with van der Waals surface area (Å²) >= 11 is 1.63. The van der Waals surface area contributed by atoms with Gasteiger partial charge in [0.1, 0.15) is 0 Å². The number of amides is 1. The normalized spacial score (nSPS) is 10.6. The standard InChI is InChI=1S/C21H31NO5S/c23-19(13-5-3-1-2-4-6-14-20(24)25)22-17-11-7-8-12-18(17)28-16-10-9-15-21(26)27/h7-8,11-12H,1-6,9-10,13-16H2,(H,22,23)(H,24,25)(H,26,27). The average Bonchev–Trinajstić information content (AvgIpc) is 2.64. The third-order valence-electron chi connectivity index (χ3n) is 4.25. The molecule has 0 aliphatic heterocycles. The largest absolute Gasteiger partial charge is 0.481 e. The van der Waals surface area contributed by atoms with Crippen LogP contribution >= 0.6 is 11.8 Å². The summed E-state index contributed by atoms with van der Waals surface area (Å²) < 4.78 is 0. The minimum Gasteiger partial charge on any atom is -0.481 e. The van der Waals surface area contributed by atoms with Crippen molar-refractivity contribution < 1.29 is 24.6 Å². The van der Waals surface area contributed by atoms with Crippen molar-refractivity contribution >= 4 is 35.3 Å². The lowest BCUT2D eigenvalue weighted by molar-refractivity contribution is -0.138. The van der Waals surface area contributed by atoms with E-state index in [0.29, 0.717) is 12.8 Å². The molecule has 0 unspecified atom stereocenters. The number of carbonyl (C=O) groups excluding carboxylic acids is 1. The van der Waals surface area contributed by atoms with E-state index >= 15 is 0 Å². The summed E-state index contributed by atoms with van der Waals surface area (Å²) in [6, 6.07) is 7.68. The molecule has 0 aromatic heterocycles. The Morgan fingerprint density at radius 2 is 1.29 bits per heavy atom. The van der Waals surface area contributed by atoms with Gasteiger partial charge in [-0.15, -0.1) is 11.8 Å². The smallest absolute Gasteiger partial charge is 0.303 e. The number of unbranched alkanes of at least 4 members (excludes halogenated alkanes) is 6. The van der Waals surface area contributed by atoms with Gasteiger partial charge in [0.25, 0.3) is 0 Å². The zero-order chi connectivity index (χ0) is 20.6. The van der Waals surface area contributed by atoms with E-state index in [0.717, 1.165) is 61.3 Å². The number of hydrogen-bond donors (Lipinski definition) is 3. The Labute approximate surface area is 171 Å². The second-order valence-corrected chi connectivity index (χ2v) is 7.90. The van der Waals surface area contributed by atoms with Crippen molar-refractivity contribution in [3.05, 3.63) is 24.3 Å². The summed E-state index contributed by atoms with van der Waals surface area (Å²) in [4.78, 5) is 34.1. The van der Waals surface area contributed by atoms with Crippen LogP contribution in [0.1, 0.15) is 70.6 Å². The number of para-hydroxylation sites is 1. The van der Waals surface area contributed by atoms with Gasteiger partial charge in [0, 0.05) is 24.2 Å². The predicted molar refractivity (Wildman–Crippen MR) is 112 cm³/mol. The van der Waals surface area contributed by atoms with E-state index in [9.17, 15) is 14.4 Å². The van der Waals surface area contributed by atoms with Crippen LogP contribution in [0.5, 0.6) is 0 Å². The van der Waals surface area contributed by atoms with Crippen molar-refractivity contribution in [1.29, 1.82) is 0 Å². The molecule has 0 aliphatic carbocycles. The van der Waals surface area contributed by atoms with E-state index in [-0.39, 0.29) is 18.7 Å². The molecule has 0 bridgehead atoms. The number of anilines is 1. The number of nitrogens with one attached hydrogen (secondary N) is 1. The van der Waals surface area contributed by atoms with Gasteiger partial charge in [-0.25, -0.2) is 0 Å². The van der Waals surface area contributed by atoms with Gasteiger partial charge < -0.3 is 15.5 Å². The third kappa shape index (κ3) is 12.4. The summed E-state index contributed by atoms with van der Waals surface area (Å²) in [7, 11) is 0. The second-order valence-electron chi connectivity index (χ2n) is 6.76. The van der Waals surface area contributed by atoms with Crippen LogP contribution in [0.25, 0.3) is 0 Å². The number of aliphatic carboxylic acids is 2. The molecule has 0 heterocycles. The lowest BCUT2D eigenvalue weighted by Crippen LogP contribution is -2.11. The Hall–Kier alpha value is -2.02. The Morgan fingerprint density at radius 1 is 0.750 bits per heavy atom. The number of carboxylic acid groups (broad SMARTS) is 2. The minimum absolute atomic E-state index is 0.00445. The van der Waals surface area contributed by atoms with Crippen LogP contribution in [0.2, 0.25) is 0 Å². The predicted octanol–water partition coefficient (Wildman–Crippen LogP) is 5.18. The summed E-state index contributed by atoms with van der Waals surface area (Å²) in [5.41, 5.74) is 0.810. The van der Waals surface area contributed by atoms with Gasteiger partial charge in [-0.1, -0.05) is 37.8 Å². The first-order valence-electron chi connectivity index (χ1n) is 9.94. The fraction of sp³-hybridized carbons (Fsp3) is 0.571. The molecular weight excluding hydrogens is 378 g/mol. The van der Waals surface area contributed by atoms with Crippen molar-refractivity contribution in [2.45, 2.75) is 75.5 Å². The molecule has 0 saturated carbocycles. The number of carbonyl (C=O) groups is 3. The Bertz CT molecular complexity index is 621. The quantitative estimate of drug-likeness (QED) is 0.257. The molecule has 0 saturated heterocycles. The average molecular weight is 410 g/mol. The highest BCUT2D eigenvalue weighted by Gasteiger charge is 2.07. The first-order valence-corrected chi connectivity index (χ1v) is 10.9. The third-order valence-corrected chi connectivity index (χ3v) is 5.41. The van der Waals surface area contributed by atoms with Crippen molar-refractivity contribution in [2.75, 3.05) is 11.1 Å². The number of carboxylic acids is 2. The topological polar surface area (TPSA) is 104 Å². The van der Waals surface area contributed by atoms with E-state index < -0.39 is 11.9 Å². The summed E-state index contributed by atoms with van der Waals surface area (Å²) in [5, 5.41) is 20.2. The zero-order valence-electron chi connectivity index (χ0n) is 16.3. The van der Waals surface area contributed by atoms with E-state index in [1.807, 2.05) is 24.3 Å². The van der Waals surface area contributed by atoms with Crippen LogP contribution in [0.4, 0.5) is 5.69 Å². The van der Waals surface area contributed by atoms with Gasteiger partial charge in [-0.05, 0) is 43.6 Å². The molecule has 0 spiro atoms. The van der Waals surface area contributed by atoms with Crippen molar-refractivity contribution in [2.24, 2.45) is 0 Å². The van der Waals surface area contributed by atoms with Gasteiger partial charge >= 0.3 is 11.9 Å². The lowest BCUT2D eigenvalue weighted by atomic mass is 10.1. The van der Waals surface area contributed by atoms with Crippen molar-refractivity contribution in [1.82, 2.24) is 0 Å². The SMILES string of the molecule is O=C(O)CCCCCCCCC(=O)Nc1ccccc1SCCCCC(=O)O. The van der Waals surface area contributed by atoms with Crippen molar-refractivity contribution in [3.8, 4) is 0 Å².